The van der Waals surface area contributed by atoms with Crippen LogP contribution in [-0.2, 0) is 0 Å². The fraction of sp³-hybridized carbons (Fsp3) is 0.0625. The zero-order valence-corrected chi connectivity index (χ0v) is 10.7. The number of carbonyl (C=O) groups is 1. The van der Waals surface area contributed by atoms with Crippen molar-refractivity contribution in [3.63, 3.8) is 0 Å². The number of alkyl halides is 1. The lowest BCUT2D eigenvalue weighted by Gasteiger charge is -2.00. The van der Waals surface area contributed by atoms with Gasteiger partial charge in [0.2, 0.25) is 12.0 Å². The Kier molecular flexibility index (Phi) is 4.33. The molecule has 0 aliphatic carbocycles. The van der Waals surface area contributed by atoms with Crippen molar-refractivity contribution in [3.05, 3.63) is 70.7 Å². The quantitative estimate of drug-likeness (QED) is 0.598. The molecule has 0 aromatic heterocycles. The third-order valence-electron chi connectivity index (χ3n) is 2.48. The lowest BCUT2D eigenvalue weighted by Crippen LogP contribution is -2.13. The molecular weight excluding hydrogens is 263 g/mol. The van der Waals surface area contributed by atoms with Crippen LogP contribution in [-0.4, -0.2) is 12.0 Å². The topological polar surface area (TPSA) is 17.1 Å². The zero-order valence-electron chi connectivity index (χ0n) is 9.94. The molecule has 0 saturated carbocycles. The number of carbonyl (C=O) groups excluding carboxylic acids is 1. The number of hydrogen-bond acceptors (Lipinski definition) is 1. The van der Waals surface area contributed by atoms with Gasteiger partial charge in [-0.05, 0) is 36.4 Å². The Morgan fingerprint density at radius 3 is 2.32 bits per heavy atom. The summed E-state index contributed by atoms with van der Waals surface area (Å²) in [6.45, 7) is 0. The molecule has 19 heavy (non-hydrogen) atoms. The summed E-state index contributed by atoms with van der Waals surface area (Å²) >= 11 is 5.70. The van der Waals surface area contributed by atoms with Crippen molar-refractivity contribution >= 4 is 17.4 Å². The Morgan fingerprint density at radius 2 is 1.68 bits per heavy atom. The molecule has 0 aliphatic heterocycles. The normalized spacial score (nSPS) is 11.3. The standard InChI is InChI=1S/C16H10ClFO/c17-14-9-7-13(8-10-14)16(19)15(18)11-6-12-4-2-1-3-5-12/h1-5,7-10,15H. The van der Waals surface area contributed by atoms with Crippen LogP contribution in [0.1, 0.15) is 15.9 Å². The Bertz CT molecular complexity index is 623. The van der Waals surface area contributed by atoms with Gasteiger partial charge in [-0.1, -0.05) is 41.6 Å². The van der Waals surface area contributed by atoms with E-state index in [-0.39, 0.29) is 5.56 Å². The first-order valence-corrected chi connectivity index (χ1v) is 6.05. The maximum absolute atomic E-state index is 13.7. The van der Waals surface area contributed by atoms with Crippen molar-refractivity contribution in [3.8, 4) is 11.8 Å². The van der Waals surface area contributed by atoms with Crippen LogP contribution in [0.15, 0.2) is 54.6 Å². The molecule has 0 radical (unpaired) electrons. The van der Waals surface area contributed by atoms with E-state index in [0.29, 0.717) is 10.6 Å². The Balaban J connectivity index is 2.12. The molecular formula is C16H10ClFO. The van der Waals surface area contributed by atoms with Crippen LogP contribution in [0.25, 0.3) is 0 Å². The Hall–Kier alpha value is -2.11. The summed E-state index contributed by atoms with van der Waals surface area (Å²) < 4.78 is 13.7. The molecule has 0 spiro atoms. The first-order chi connectivity index (χ1) is 9.16. The van der Waals surface area contributed by atoms with E-state index in [1.165, 1.54) is 12.1 Å². The molecule has 0 amide bonds. The largest absolute Gasteiger partial charge is 0.290 e. The third kappa shape index (κ3) is 3.67. The highest BCUT2D eigenvalue weighted by atomic mass is 35.5. The SMILES string of the molecule is O=C(c1ccc(Cl)cc1)C(F)C#Cc1ccccc1. The van der Waals surface area contributed by atoms with Gasteiger partial charge < -0.3 is 0 Å². The van der Waals surface area contributed by atoms with Gasteiger partial charge >= 0.3 is 0 Å². The molecule has 2 rings (SSSR count). The minimum Gasteiger partial charge on any atom is -0.290 e. The fourth-order valence-corrected chi connectivity index (χ4v) is 1.62. The molecule has 0 saturated heterocycles. The minimum absolute atomic E-state index is 0.263. The Morgan fingerprint density at radius 1 is 1.05 bits per heavy atom. The third-order valence-corrected chi connectivity index (χ3v) is 2.73. The summed E-state index contributed by atoms with van der Waals surface area (Å²) in [5.74, 6) is 4.29. The van der Waals surface area contributed by atoms with Gasteiger partial charge in [-0.25, -0.2) is 4.39 Å². The van der Waals surface area contributed by atoms with Gasteiger partial charge in [0.25, 0.3) is 0 Å². The molecule has 1 nitrogen and oxygen atoms in total. The first kappa shape index (κ1) is 13.3. The highest BCUT2D eigenvalue weighted by Gasteiger charge is 2.16. The maximum Gasteiger partial charge on any atom is 0.223 e. The van der Waals surface area contributed by atoms with E-state index in [1.807, 2.05) is 6.07 Å². The molecule has 2 aromatic carbocycles. The molecule has 0 bridgehead atoms. The van der Waals surface area contributed by atoms with E-state index >= 15 is 0 Å². The van der Waals surface area contributed by atoms with Crippen molar-refractivity contribution in [2.45, 2.75) is 6.17 Å². The zero-order chi connectivity index (χ0) is 13.7. The average molecular weight is 273 g/mol. The molecule has 2 aromatic rings. The monoisotopic (exact) mass is 272 g/mol. The first-order valence-electron chi connectivity index (χ1n) is 5.67. The lowest BCUT2D eigenvalue weighted by atomic mass is 10.1. The van der Waals surface area contributed by atoms with Gasteiger partial charge in [-0.3, -0.25) is 4.79 Å². The van der Waals surface area contributed by atoms with Gasteiger partial charge in [-0.2, -0.15) is 0 Å². The molecule has 1 unspecified atom stereocenters. The molecule has 0 aliphatic rings. The fourth-order valence-electron chi connectivity index (χ4n) is 1.49. The highest BCUT2D eigenvalue weighted by molar-refractivity contribution is 6.30. The van der Waals surface area contributed by atoms with Gasteiger partial charge in [0.05, 0.1) is 0 Å². The van der Waals surface area contributed by atoms with Crippen molar-refractivity contribution < 1.29 is 9.18 Å². The van der Waals surface area contributed by atoms with E-state index in [4.69, 9.17) is 11.6 Å². The molecule has 3 heteroatoms. The molecule has 0 fully saturated rings. The van der Waals surface area contributed by atoms with Gasteiger partial charge in [0.1, 0.15) is 0 Å². The summed E-state index contributed by atoms with van der Waals surface area (Å²) in [4.78, 5) is 11.8. The number of ketones is 1. The molecule has 0 N–H and O–H groups in total. The van der Waals surface area contributed by atoms with Crippen LogP contribution in [0.3, 0.4) is 0 Å². The van der Waals surface area contributed by atoms with Crippen LogP contribution < -0.4 is 0 Å². The van der Waals surface area contributed by atoms with Crippen molar-refractivity contribution in [2.24, 2.45) is 0 Å². The number of Topliss-reactive ketones (excluding diaryl/α,β-unsaturated/α-hetero) is 1. The minimum atomic E-state index is -1.83. The van der Waals surface area contributed by atoms with Crippen LogP contribution in [0.5, 0.6) is 0 Å². The summed E-state index contributed by atoms with van der Waals surface area (Å²) in [5.41, 5.74) is 0.938. The van der Waals surface area contributed by atoms with Crippen LogP contribution in [0.4, 0.5) is 4.39 Å². The van der Waals surface area contributed by atoms with Crippen molar-refractivity contribution in [1.29, 1.82) is 0 Å². The van der Waals surface area contributed by atoms with Gasteiger partial charge in [-0.15, -0.1) is 0 Å². The van der Waals surface area contributed by atoms with Crippen LogP contribution in [0, 0.1) is 11.8 Å². The average Bonchev–Trinajstić information content (AvgIpc) is 2.46. The van der Waals surface area contributed by atoms with Crippen LogP contribution in [0.2, 0.25) is 5.02 Å². The number of halogens is 2. The van der Waals surface area contributed by atoms with E-state index < -0.39 is 12.0 Å². The van der Waals surface area contributed by atoms with Crippen LogP contribution >= 0.6 is 11.6 Å². The van der Waals surface area contributed by atoms with E-state index in [9.17, 15) is 9.18 Å². The number of hydrogen-bond donors (Lipinski definition) is 0. The van der Waals surface area contributed by atoms with E-state index in [0.717, 1.165) is 0 Å². The lowest BCUT2D eigenvalue weighted by molar-refractivity contribution is 0.0919. The molecule has 0 heterocycles. The molecule has 94 valence electrons. The smallest absolute Gasteiger partial charge is 0.223 e. The van der Waals surface area contributed by atoms with Gasteiger partial charge in [0, 0.05) is 16.1 Å². The van der Waals surface area contributed by atoms with E-state index in [1.54, 1.807) is 36.4 Å². The van der Waals surface area contributed by atoms with Crippen molar-refractivity contribution in [1.82, 2.24) is 0 Å². The maximum atomic E-state index is 13.7. The molecule has 1 atom stereocenters. The summed E-state index contributed by atoms with van der Waals surface area (Å²) in [6, 6.07) is 15.0. The second-order valence-corrected chi connectivity index (χ2v) is 4.31. The summed E-state index contributed by atoms with van der Waals surface area (Å²) in [6.07, 6.45) is -1.83. The van der Waals surface area contributed by atoms with Crippen molar-refractivity contribution in [2.75, 3.05) is 0 Å². The van der Waals surface area contributed by atoms with Gasteiger partial charge in [0.15, 0.2) is 0 Å². The second-order valence-electron chi connectivity index (χ2n) is 3.87. The second kappa shape index (κ2) is 6.17. The summed E-state index contributed by atoms with van der Waals surface area (Å²) in [7, 11) is 0. The number of rotatable bonds is 2. The Labute approximate surface area is 116 Å². The van der Waals surface area contributed by atoms with E-state index in [2.05, 4.69) is 11.8 Å². The number of benzene rings is 2. The summed E-state index contributed by atoms with van der Waals surface area (Å²) in [5, 5.41) is 0.502. The predicted octanol–water partition coefficient (Wildman–Crippen LogP) is 3.91. The highest BCUT2D eigenvalue weighted by Crippen LogP contribution is 2.12. The predicted molar refractivity (Wildman–Crippen MR) is 74.0 cm³/mol.